The van der Waals surface area contributed by atoms with Crippen LogP contribution in [0.4, 0.5) is 0 Å². The second-order valence-electron chi connectivity index (χ2n) is 8.27. The van der Waals surface area contributed by atoms with Crippen molar-refractivity contribution in [2.75, 3.05) is 26.3 Å². The fraction of sp³-hybridized carbons (Fsp3) is 0.458. The molecule has 32 heavy (non-hydrogen) atoms. The van der Waals surface area contributed by atoms with Crippen LogP contribution in [0.5, 0.6) is 5.75 Å². The van der Waals surface area contributed by atoms with Gasteiger partial charge in [0.1, 0.15) is 12.4 Å². The van der Waals surface area contributed by atoms with Gasteiger partial charge in [-0.2, -0.15) is 4.31 Å². The highest BCUT2D eigenvalue weighted by Gasteiger charge is 2.26. The molecule has 0 bridgehead atoms. The van der Waals surface area contributed by atoms with Crippen molar-refractivity contribution in [3.05, 3.63) is 59.7 Å². The van der Waals surface area contributed by atoms with Crippen molar-refractivity contribution in [1.29, 1.82) is 0 Å². The van der Waals surface area contributed by atoms with Crippen molar-refractivity contribution in [2.45, 2.75) is 49.6 Å². The van der Waals surface area contributed by atoms with Gasteiger partial charge in [-0.05, 0) is 67.6 Å². The highest BCUT2D eigenvalue weighted by atomic mass is 32.2. The number of hydrogen-bond acceptors (Lipinski definition) is 5. The van der Waals surface area contributed by atoms with Crippen LogP contribution < -0.4 is 10.1 Å². The molecule has 7 nitrogen and oxygen atoms in total. The number of nitrogens with one attached hydrogen (secondary N) is 1. The third kappa shape index (κ3) is 5.68. The van der Waals surface area contributed by atoms with Gasteiger partial charge in [0.25, 0.3) is 5.91 Å². The van der Waals surface area contributed by atoms with Crippen LogP contribution >= 0.6 is 0 Å². The third-order valence-corrected chi connectivity index (χ3v) is 7.78. The van der Waals surface area contributed by atoms with Crippen LogP contribution in [0.2, 0.25) is 0 Å². The number of ether oxygens (including phenoxy) is 2. The first-order valence-electron chi connectivity index (χ1n) is 11.2. The average Bonchev–Trinajstić information content (AvgIpc) is 3.36. The van der Waals surface area contributed by atoms with E-state index in [4.69, 9.17) is 9.47 Å². The summed E-state index contributed by atoms with van der Waals surface area (Å²) in [6.45, 7) is 2.69. The molecule has 1 atom stereocenters. The number of nitrogens with zero attached hydrogens (tertiary/aromatic N) is 1. The maximum atomic E-state index is 12.9. The smallest absolute Gasteiger partial charge is 0.251 e. The Labute approximate surface area is 189 Å². The Morgan fingerprint density at radius 1 is 1.06 bits per heavy atom. The lowest BCUT2D eigenvalue weighted by molar-refractivity contribution is 0.0679. The Balaban J connectivity index is 1.32. The SMILES string of the molecule is O=C(NCc1cccc(S(=O)(=O)N2CCCCC2)c1)c1ccc(OCC2CCCO2)cc1. The molecule has 4 rings (SSSR count). The Kier molecular flexibility index (Phi) is 7.44. The molecule has 2 aliphatic rings. The second kappa shape index (κ2) is 10.5. The Bertz CT molecular complexity index is 1010. The van der Waals surface area contributed by atoms with Gasteiger partial charge >= 0.3 is 0 Å². The molecular formula is C24H30N2O5S. The van der Waals surface area contributed by atoms with Crippen molar-refractivity contribution in [3.63, 3.8) is 0 Å². The van der Waals surface area contributed by atoms with E-state index >= 15 is 0 Å². The van der Waals surface area contributed by atoms with E-state index in [1.807, 2.05) is 6.07 Å². The van der Waals surface area contributed by atoms with Crippen LogP contribution in [-0.2, 0) is 21.3 Å². The molecule has 0 spiro atoms. The van der Waals surface area contributed by atoms with Crippen LogP contribution in [0.1, 0.15) is 48.0 Å². The van der Waals surface area contributed by atoms with Crippen molar-refractivity contribution in [1.82, 2.24) is 9.62 Å². The molecule has 1 N–H and O–H groups in total. The highest BCUT2D eigenvalue weighted by Crippen LogP contribution is 2.21. The van der Waals surface area contributed by atoms with Crippen LogP contribution in [0.25, 0.3) is 0 Å². The van der Waals surface area contributed by atoms with Gasteiger partial charge in [-0.3, -0.25) is 4.79 Å². The second-order valence-corrected chi connectivity index (χ2v) is 10.2. The zero-order valence-corrected chi connectivity index (χ0v) is 19.0. The lowest BCUT2D eigenvalue weighted by Gasteiger charge is -2.26. The topological polar surface area (TPSA) is 84.9 Å². The molecule has 2 aromatic carbocycles. The lowest BCUT2D eigenvalue weighted by atomic mass is 10.2. The summed E-state index contributed by atoms with van der Waals surface area (Å²) in [5, 5.41) is 2.86. The largest absolute Gasteiger partial charge is 0.491 e. The zero-order valence-electron chi connectivity index (χ0n) is 18.2. The van der Waals surface area contributed by atoms with Gasteiger partial charge in [0.15, 0.2) is 0 Å². The van der Waals surface area contributed by atoms with Crippen LogP contribution in [-0.4, -0.2) is 51.0 Å². The molecule has 2 heterocycles. The van der Waals surface area contributed by atoms with Crippen LogP contribution in [0.15, 0.2) is 53.4 Å². The zero-order chi connectivity index (χ0) is 22.4. The molecule has 2 aliphatic heterocycles. The minimum absolute atomic E-state index is 0.146. The van der Waals surface area contributed by atoms with E-state index in [-0.39, 0.29) is 23.5 Å². The molecule has 2 fully saturated rings. The molecule has 0 radical (unpaired) electrons. The fourth-order valence-corrected chi connectivity index (χ4v) is 5.61. The van der Waals surface area contributed by atoms with Crippen molar-refractivity contribution in [2.24, 2.45) is 0 Å². The first-order valence-corrected chi connectivity index (χ1v) is 12.7. The number of carbonyl (C=O) groups is 1. The molecule has 8 heteroatoms. The summed E-state index contributed by atoms with van der Waals surface area (Å²) >= 11 is 0. The van der Waals surface area contributed by atoms with Gasteiger partial charge in [-0.25, -0.2) is 8.42 Å². The monoisotopic (exact) mass is 458 g/mol. The van der Waals surface area contributed by atoms with E-state index in [1.54, 1.807) is 46.8 Å². The molecule has 0 aliphatic carbocycles. The molecule has 172 valence electrons. The van der Waals surface area contributed by atoms with E-state index in [1.165, 1.54) is 0 Å². The Morgan fingerprint density at radius 2 is 1.84 bits per heavy atom. The molecule has 2 saturated heterocycles. The summed E-state index contributed by atoms with van der Waals surface area (Å²) in [4.78, 5) is 12.8. The van der Waals surface area contributed by atoms with Crippen molar-refractivity contribution in [3.8, 4) is 5.75 Å². The minimum atomic E-state index is -3.49. The van der Waals surface area contributed by atoms with Gasteiger partial charge < -0.3 is 14.8 Å². The van der Waals surface area contributed by atoms with Crippen molar-refractivity contribution < 1.29 is 22.7 Å². The summed E-state index contributed by atoms with van der Waals surface area (Å²) in [5.41, 5.74) is 1.26. The molecule has 2 aromatic rings. The number of hydrogen-bond donors (Lipinski definition) is 1. The number of amides is 1. The number of benzene rings is 2. The average molecular weight is 459 g/mol. The van der Waals surface area contributed by atoms with Crippen LogP contribution in [0, 0.1) is 0 Å². The number of rotatable bonds is 8. The summed E-state index contributed by atoms with van der Waals surface area (Å²) in [6.07, 6.45) is 5.09. The Morgan fingerprint density at radius 3 is 2.56 bits per heavy atom. The van der Waals surface area contributed by atoms with Gasteiger partial charge in [0.05, 0.1) is 11.0 Å². The summed E-state index contributed by atoms with van der Waals surface area (Å²) in [7, 11) is -3.49. The van der Waals surface area contributed by atoms with E-state index in [9.17, 15) is 13.2 Å². The first-order chi connectivity index (χ1) is 15.5. The summed E-state index contributed by atoms with van der Waals surface area (Å²) < 4.78 is 38.6. The van der Waals surface area contributed by atoms with Gasteiger partial charge in [0.2, 0.25) is 10.0 Å². The van der Waals surface area contributed by atoms with Gasteiger partial charge in [-0.1, -0.05) is 18.6 Å². The minimum Gasteiger partial charge on any atom is -0.491 e. The number of carbonyl (C=O) groups excluding carboxylic acids is 1. The third-order valence-electron chi connectivity index (χ3n) is 5.88. The number of piperidine rings is 1. The first kappa shape index (κ1) is 22.8. The number of sulfonamides is 1. The highest BCUT2D eigenvalue weighted by molar-refractivity contribution is 7.89. The molecular weight excluding hydrogens is 428 g/mol. The predicted molar refractivity (Wildman–Crippen MR) is 121 cm³/mol. The predicted octanol–water partition coefficient (Wildman–Crippen LogP) is 3.35. The molecule has 0 aromatic heterocycles. The maximum absolute atomic E-state index is 12.9. The Hall–Kier alpha value is -2.42. The van der Waals surface area contributed by atoms with E-state index in [0.717, 1.165) is 44.3 Å². The van der Waals surface area contributed by atoms with E-state index in [2.05, 4.69) is 5.32 Å². The summed E-state index contributed by atoms with van der Waals surface area (Å²) in [6, 6.07) is 13.8. The van der Waals surface area contributed by atoms with Gasteiger partial charge in [-0.15, -0.1) is 0 Å². The van der Waals surface area contributed by atoms with E-state index < -0.39 is 10.0 Å². The molecule has 1 amide bonds. The van der Waals surface area contributed by atoms with E-state index in [0.29, 0.717) is 31.0 Å². The maximum Gasteiger partial charge on any atom is 0.251 e. The lowest BCUT2D eigenvalue weighted by Crippen LogP contribution is -2.35. The van der Waals surface area contributed by atoms with Gasteiger partial charge in [0, 0.05) is 31.8 Å². The quantitative estimate of drug-likeness (QED) is 0.656. The summed E-state index contributed by atoms with van der Waals surface area (Å²) in [5.74, 6) is 0.479. The molecule has 0 saturated carbocycles. The molecule has 1 unspecified atom stereocenters. The van der Waals surface area contributed by atoms with Crippen molar-refractivity contribution >= 4 is 15.9 Å². The van der Waals surface area contributed by atoms with Crippen LogP contribution in [0.3, 0.4) is 0 Å². The standard InChI is InChI=1S/C24H30N2O5S/c27-24(20-9-11-21(12-10-20)31-18-22-7-5-15-30-22)25-17-19-6-4-8-23(16-19)32(28,29)26-13-2-1-3-14-26/h4,6,8-12,16,22H,1-3,5,7,13-15,17-18H2,(H,25,27). The fourth-order valence-electron chi connectivity index (χ4n) is 4.02. The normalized spacial score (nSPS) is 19.6.